The molecule has 0 radical (unpaired) electrons. The van der Waals surface area contributed by atoms with Gasteiger partial charge in [-0.3, -0.25) is 4.79 Å². The Kier molecular flexibility index (Phi) is 10.0. The molecule has 42 heavy (non-hydrogen) atoms. The maximum absolute atomic E-state index is 12.1. The number of benzene rings is 3. The number of ether oxygens (including phenoxy) is 2. The van der Waals surface area contributed by atoms with Crippen molar-refractivity contribution in [3.8, 4) is 11.1 Å². The van der Waals surface area contributed by atoms with E-state index in [-0.39, 0.29) is 30.5 Å². The number of nitrogens with zero attached hydrogens (tertiary/aromatic N) is 2. The van der Waals surface area contributed by atoms with Gasteiger partial charge in [0, 0.05) is 18.5 Å². The van der Waals surface area contributed by atoms with Gasteiger partial charge in [0.1, 0.15) is 5.15 Å². The SMILES string of the molecule is O=C(NCc1ccccc1-c1ccc([C@@H]2O[C@H](Cn3cnc(Cl)c3Cl)C[C@H](c3ccc(CO)cc3)O2)cc1)C(Cl)(Cl)Cl. The van der Waals surface area contributed by atoms with E-state index in [4.69, 9.17) is 67.5 Å². The zero-order valence-electron chi connectivity index (χ0n) is 22.0. The number of nitrogens with one attached hydrogen (secondary N) is 1. The fourth-order valence-corrected chi connectivity index (χ4v) is 5.29. The summed E-state index contributed by atoms with van der Waals surface area (Å²) in [5.74, 6) is -0.696. The Hall–Kier alpha value is -2.33. The van der Waals surface area contributed by atoms with Crippen LogP contribution in [0.2, 0.25) is 10.3 Å². The lowest BCUT2D eigenvalue weighted by atomic mass is 9.97. The van der Waals surface area contributed by atoms with E-state index >= 15 is 0 Å². The maximum atomic E-state index is 12.1. The Balaban J connectivity index is 1.37. The van der Waals surface area contributed by atoms with Crippen molar-refractivity contribution in [3.05, 3.63) is 112 Å². The van der Waals surface area contributed by atoms with E-state index in [1.54, 1.807) is 10.9 Å². The number of carbonyl (C=O) groups excluding carboxylic acids is 1. The van der Waals surface area contributed by atoms with Gasteiger partial charge in [-0.05, 0) is 27.8 Å². The first kappa shape index (κ1) is 31.1. The first-order valence-corrected chi connectivity index (χ1v) is 14.9. The number of rotatable bonds is 8. The third-order valence-corrected chi connectivity index (χ3v) is 8.24. The normalized spacial score (nSPS) is 19.0. The van der Waals surface area contributed by atoms with Crippen molar-refractivity contribution in [2.45, 2.75) is 48.4 Å². The summed E-state index contributed by atoms with van der Waals surface area (Å²) in [5, 5.41) is 12.7. The lowest BCUT2D eigenvalue weighted by molar-refractivity contribution is -0.252. The minimum absolute atomic E-state index is 0.0329. The Morgan fingerprint density at radius 2 is 1.67 bits per heavy atom. The molecule has 12 heteroatoms. The lowest BCUT2D eigenvalue weighted by Crippen LogP contribution is -2.34. The molecule has 1 aromatic heterocycles. The molecule has 1 aliphatic heterocycles. The zero-order valence-corrected chi connectivity index (χ0v) is 25.8. The molecule has 1 saturated heterocycles. The fourth-order valence-electron chi connectivity index (χ4n) is 4.77. The molecular weight excluding hydrogens is 644 g/mol. The topological polar surface area (TPSA) is 85.6 Å². The van der Waals surface area contributed by atoms with E-state index < -0.39 is 16.0 Å². The number of carbonyl (C=O) groups is 1. The summed E-state index contributed by atoms with van der Waals surface area (Å²) in [6.07, 6.45) is 0.993. The molecule has 3 aromatic carbocycles. The number of halogens is 5. The average molecular weight is 670 g/mol. The van der Waals surface area contributed by atoms with Crippen molar-refractivity contribution in [1.29, 1.82) is 0 Å². The second-order valence-corrected chi connectivity index (χ2v) is 12.8. The molecule has 2 heterocycles. The predicted molar refractivity (Wildman–Crippen MR) is 165 cm³/mol. The Morgan fingerprint density at radius 3 is 2.31 bits per heavy atom. The summed E-state index contributed by atoms with van der Waals surface area (Å²) < 4.78 is 12.6. The van der Waals surface area contributed by atoms with Gasteiger partial charge < -0.3 is 24.5 Å². The number of hydrogen-bond acceptors (Lipinski definition) is 5. The highest BCUT2D eigenvalue weighted by Gasteiger charge is 2.33. The molecule has 3 atom stereocenters. The van der Waals surface area contributed by atoms with Gasteiger partial charge in [0.25, 0.3) is 9.70 Å². The molecule has 0 saturated carbocycles. The molecule has 1 amide bonds. The van der Waals surface area contributed by atoms with E-state index in [9.17, 15) is 9.90 Å². The third kappa shape index (κ3) is 7.41. The van der Waals surface area contributed by atoms with Gasteiger partial charge in [0.05, 0.1) is 31.7 Å². The Bertz CT molecular complexity index is 1520. The van der Waals surface area contributed by atoms with Gasteiger partial charge in [-0.2, -0.15) is 0 Å². The molecule has 1 fully saturated rings. The molecule has 1 aliphatic rings. The average Bonchev–Trinajstić information content (AvgIpc) is 3.31. The summed E-state index contributed by atoms with van der Waals surface area (Å²) in [7, 11) is 0. The number of aromatic nitrogens is 2. The second kappa shape index (κ2) is 13.5. The summed E-state index contributed by atoms with van der Waals surface area (Å²) in [6, 6.07) is 23.2. The number of alkyl halides is 3. The highest BCUT2D eigenvalue weighted by molar-refractivity contribution is 6.76. The van der Waals surface area contributed by atoms with Gasteiger partial charge in [-0.25, -0.2) is 4.98 Å². The first-order valence-electron chi connectivity index (χ1n) is 13.0. The van der Waals surface area contributed by atoms with Crippen LogP contribution >= 0.6 is 58.0 Å². The van der Waals surface area contributed by atoms with Crippen molar-refractivity contribution in [3.63, 3.8) is 0 Å². The highest BCUT2D eigenvalue weighted by atomic mass is 35.6. The molecule has 0 bridgehead atoms. The van der Waals surface area contributed by atoms with Crippen molar-refractivity contribution in [2.75, 3.05) is 0 Å². The van der Waals surface area contributed by atoms with Crippen LogP contribution in [-0.2, 0) is 34.0 Å². The van der Waals surface area contributed by atoms with Crippen molar-refractivity contribution in [1.82, 2.24) is 14.9 Å². The predicted octanol–water partition coefficient (Wildman–Crippen LogP) is 7.58. The van der Waals surface area contributed by atoms with Crippen LogP contribution in [0.3, 0.4) is 0 Å². The van der Waals surface area contributed by atoms with Gasteiger partial charge in [-0.15, -0.1) is 0 Å². The summed E-state index contributed by atoms with van der Waals surface area (Å²) in [6.45, 7) is 0.600. The molecule has 4 aromatic rings. The molecule has 2 N–H and O–H groups in total. The van der Waals surface area contributed by atoms with Crippen LogP contribution < -0.4 is 5.32 Å². The van der Waals surface area contributed by atoms with Crippen molar-refractivity contribution >= 4 is 63.9 Å². The fraction of sp³-hybridized carbons (Fsp3) is 0.267. The summed E-state index contributed by atoms with van der Waals surface area (Å²) in [5.41, 5.74) is 5.34. The van der Waals surface area contributed by atoms with Crippen LogP contribution in [0.1, 0.15) is 41.1 Å². The molecule has 220 valence electrons. The van der Waals surface area contributed by atoms with Gasteiger partial charge in [0.2, 0.25) is 0 Å². The second-order valence-electron chi connectivity index (χ2n) is 9.79. The van der Waals surface area contributed by atoms with Crippen LogP contribution in [0, 0.1) is 0 Å². The molecule has 0 spiro atoms. The largest absolute Gasteiger partial charge is 0.392 e. The molecular formula is C30H26Cl5N3O4. The zero-order chi connectivity index (χ0) is 29.9. The molecule has 5 rings (SSSR count). The number of aliphatic hydroxyl groups is 1. The first-order chi connectivity index (χ1) is 20.1. The van der Waals surface area contributed by atoms with Crippen molar-refractivity contribution < 1.29 is 19.4 Å². The lowest BCUT2D eigenvalue weighted by Gasteiger charge is -2.36. The summed E-state index contributed by atoms with van der Waals surface area (Å²) >= 11 is 29.5. The van der Waals surface area contributed by atoms with E-state index in [0.29, 0.717) is 18.1 Å². The maximum Gasteiger partial charge on any atom is 0.272 e. The quantitative estimate of drug-likeness (QED) is 0.189. The number of aliphatic hydroxyl groups excluding tert-OH is 1. The van der Waals surface area contributed by atoms with Crippen LogP contribution in [0.25, 0.3) is 11.1 Å². The van der Waals surface area contributed by atoms with Gasteiger partial charge >= 0.3 is 0 Å². The van der Waals surface area contributed by atoms with Crippen LogP contribution in [0.4, 0.5) is 0 Å². The highest BCUT2D eigenvalue weighted by Crippen LogP contribution is 2.39. The number of hydrogen-bond donors (Lipinski definition) is 2. The smallest absolute Gasteiger partial charge is 0.272 e. The van der Waals surface area contributed by atoms with Crippen LogP contribution in [-0.4, -0.2) is 30.5 Å². The van der Waals surface area contributed by atoms with Gasteiger partial charge in [0.15, 0.2) is 11.4 Å². The summed E-state index contributed by atoms with van der Waals surface area (Å²) in [4.78, 5) is 16.1. The number of imidazole rings is 1. The van der Waals surface area contributed by atoms with Gasteiger partial charge in [-0.1, -0.05) is 131 Å². The monoisotopic (exact) mass is 667 g/mol. The third-order valence-electron chi connectivity index (χ3n) is 6.96. The van der Waals surface area contributed by atoms with E-state index in [2.05, 4.69) is 10.3 Å². The minimum atomic E-state index is -2.04. The van der Waals surface area contributed by atoms with Crippen LogP contribution in [0.5, 0.6) is 0 Å². The Morgan fingerprint density at radius 1 is 0.976 bits per heavy atom. The van der Waals surface area contributed by atoms with E-state index in [0.717, 1.165) is 33.4 Å². The van der Waals surface area contributed by atoms with E-state index in [1.807, 2.05) is 72.8 Å². The molecule has 0 aliphatic carbocycles. The standard InChI is InChI=1S/C30H26Cl5N3O4/c31-26-27(32)38(17-37-26)15-23-13-25(20-7-5-18(16-39)6-8-20)42-28(41-23)21-11-9-19(10-12-21)24-4-2-1-3-22(24)14-36-29(40)30(33,34)35/h1-12,17,23,25,28,39H,13-16H2,(H,36,40)/t23-,25+,28+/m0/s1. The minimum Gasteiger partial charge on any atom is -0.392 e. The molecule has 0 unspecified atom stereocenters. The van der Waals surface area contributed by atoms with Crippen LogP contribution in [0.15, 0.2) is 79.1 Å². The Labute approximate surface area is 268 Å². The number of amides is 1. The van der Waals surface area contributed by atoms with Crippen molar-refractivity contribution in [2.24, 2.45) is 0 Å². The molecule has 7 nitrogen and oxygen atoms in total. The van der Waals surface area contributed by atoms with E-state index in [1.165, 1.54) is 0 Å².